The Hall–Kier alpha value is -2.31. The molecule has 0 saturated heterocycles. The van der Waals surface area contributed by atoms with E-state index in [1.54, 1.807) is 0 Å². The number of hydrogen-bond donors (Lipinski definition) is 1. The quantitative estimate of drug-likeness (QED) is 0.142. The summed E-state index contributed by atoms with van der Waals surface area (Å²) in [7, 11) is 0. The van der Waals surface area contributed by atoms with Crippen LogP contribution in [0.25, 0.3) is 0 Å². The lowest BCUT2D eigenvalue weighted by atomic mass is 10.1. The molecule has 0 heterocycles. The molecule has 0 aromatic heterocycles. The first kappa shape index (κ1) is 29.7. The first-order valence-electron chi connectivity index (χ1n) is 12.6. The highest BCUT2D eigenvalue weighted by atomic mass is 16.7. The molecule has 1 rings (SSSR count). The third-order valence-corrected chi connectivity index (χ3v) is 4.99. The lowest BCUT2D eigenvalue weighted by Crippen LogP contribution is -2.20. The van der Waals surface area contributed by atoms with Crippen molar-refractivity contribution in [2.75, 3.05) is 13.2 Å². The van der Waals surface area contributed by atoms with Crippen LogP contribution in [0.1, 0.15) is 94.7 Å². The number of aliphatic hydroxyl groups is 1. The number of unbranched alkanes of at least 4 members (excludes halogenated alkanes) is 4. The summed E-state index contributed by atoms with van der Waals surface area (Å²) in [4.78, 5) is 12.3. The monoisotopic (exact) mass is 470 g/mol. The van der Waals surface area contributed by atoms with Gasteiger partial charge in [0.05, 0.1) is 26.2 Å². The van der Waals surface area contributed by atoms with Crippen molar-refractivity contribution in [1.29, 1.82) is 0 Å². The molecule has 34 heavy (non-hydrogen) atoms. The van der Waals surface area contributed by atoms with Crippen molar-refractivity contribution in [1.82, 2.24) is 0 Å². The molecule has 0 fully saturated rings. The molecule has 0 bridgehead atoms. The van der Waals surface area contributed by atoms with Crippen LogP contribution in [0.4, 0.5) is 0 Å². The second kappa shape index (κ2) is 20.1. The molecule has 0 aliphatic heterocycles. The van der Waals surface area contributed by atoms with Crippen molar-refractivity contribution in [3.63, 3.8) is 0 Å². The van der Waals surface area contributed by atoms with Crippen LogP contribution < -0.4 is 0 Å². The minimum absolute atomic E-state index is 0.0368. The minimum atomic E-state index is -0.484. The Morgan fingerprint density at radius 1 is 0.882 bits per heavy atom. The van der Waals surface area contributed by atoms with E-state index in [1.165, 1.54) is 0 Å². The maximum atomic E-state index is 12.3. The Kier molecular flexibility index (Phi) is 17.6. The third-order valence-electron chi connectivity index (χ3n) is 4.99. The standard InChI is InChI=1S/C29H42O5/c1-4-6-8-10-12-14-18-32-29(33-19-15-13-11-9-7-5-2)17-16-28(31)34-24-27-21-25(3)20-26(22-27)23-30/h20-22,29-30H,4-9,14-19,23-24H2,1-3H3. The SMILES string of the molecule is CCCCC#CCCOC(CCC(=O)OCc1cc(C)cc(CO)c1)OCCC#CCCCC. The zero-order valence-corrected chi connectivity index (χ0v) is 21.3. The highest BCUT2D eigenvalue weighted by Gasteiger charge is 2.13. The minimum Gasteiger partial charge on any atom is -0.461 e. The number of carbonyl (C=O) groups excluding carboxylic acids is 1. The second-order valence-electron chi connectivity index (χ2n) is 8.27. The van der Waals surface area contributed by atoms with E-state index in [0.29, 0.717) is 32.5 Å². The van der Waals surface area contributed by atoms with Gasteiger partial charge in [-0.25, -0.2) is 0 Å². The molecule has 0 aliphatic carbocycles. The van der Waals surface area contributed by atoms with Gasteiger partial charge in [-0.15, -0.1) is 23.7 Å². The number of benzene rings is 1. The van der Waals surface area contributed by atoms with Gasteiger partial charge in [0, 0.05) is 32.1 Å². The molecular weight excluding hydrogens is 428 g/mol. The molecule has 0 amide bonds. The van der Waals surface area contributed by atoms with E-state index in [1.807, 2.05) is 25.1 Å². The topological polar surface area (TPSA) is 65.0 Å². The summed E-state index contributed by atoms with van der Waals surface area (Å²) in [6.07, 6.45) is 7.78. The smallest absolute Gasteiger partial charge is 0.306 e. The molecule has 0 radical (unpaired) electrons. The molecule has 0 spiro atoms. The van der Waals surface area contributed by atoms with Gasteiger partial charge in [0.2, 0.25) is 0 Å². The van der Waals surface area contributed by atoms with Crippen molar-refractivity contribution < 1.29 is 24.1 Å². The lowest BCUT2D eigenvalue weighted by molar-refractivity contribution is -0.158. The molecule has 0 saturated carbocycles. The van der Waals surface area contributed by atoms with Gasteiger partial charge < -0.3 is 19.3 Å². The van der Waals surface area contributed by atoms with Gasteiger partial charge in [-0.3, -0.25) is 4.79 Å². The fraction of sp³-hybridized carbons (Fsp3) is 0.621. The fourth-order valence-corrected chi connectivity index (χ4v) is 3.18. The summed E-state index contributed by atoms with van der Waals surface area (Å²) in [6, 6.07) is 5.70. The van der Waals surface area contributed by atoms with Crippen LogP contribution in [0.5, 0.6) is 0 Å². The van der Waals surface area contributed by atoms with Crippen LogP contribution in [0.15, 0.2) is 18.2 Å². The Bertz CT molecular complexity index is 777. The summed E-state index contributed by atoms with van der Waals surface area (Å²) in [5.41, 5.74) is 2.70. The van der Waals surface area contributed by atoms with Crippen molar-refractivity contribution in [3.05, 3.63) is 34.9 Å². The van der Waals surface area contributed by atoms with E-state index in [9.17, 15) is 9.90 Å². The van der Waals surface area contributed by atoms with Crippen LogP contribution >= 0.6 is 0 Å². The summed E-state index contributed by atoms with van der Waals surface area (Å²) < 4.78 is 17.1. The molecule has 1 N–H and O–H groups in total. The van der Waals surface area contributed by atoms with Crippen molar-refractivity contribution in [3.8, 4) is 23.7 Å². The van der Waals surface area contributed by atoms with Gasteiger partial charge in [-0.05, 0) is 30.9 Å². The fourth-order valence-electron chi connectivity index (χ4n) is 3.18. The maximum Gasteiger partial charge on any atom is 0.306 e. The Morgan fingerprint density at radius 3 is 2.00 bits per heavy atom. The summed E-state index contributed by atoms with van der Waals surface area (Å²) in [5.74, 6) is 12.3. The van der Waals surface area contributed by atoms with Gasteiger partial charge in [-0.1, -0.05) is 50.5 Å². The summed E-state index contributed by atoms with van der Waals surface area (Å²) >= 11 is 0. The molecule has 0 atom stereocenters. The number of ether oxygens (including phenoxy) is 3. The van der Waals surface area contributed by atoms with Gasteiger partial charge >= 0.3 is 5.97 Å². The van der Waals surface area contributed by atoms with E-state index in [4.69, 9.17) is 14.2 Å². The highest BCUT2D eigenvalue weighted by molar-refractivity contribution is 5.69. The van der Waals surface area contributed by atoms with Crippen LogP contribution in [-0.4, -0.2) is 30.6 Å². The van der Waals surface area contributed by atoms with E-state index < -0.39 is 6.29 Å². The van der Waals surface area contributed by atoms with Gasteiger partial charge in [-0.2, -0.15) is 0 Å². The van der Waals surface area contributed by atoms with Crippen LogP contribution in [-0.2, 0) is 32.2 Å². The molecule has 0 aliphatic rings. The molecule has 5 nitrogen and oxygen atoms in total. The van der Waals surface area contributed by atoms with E-state index in [2.05, 4.69) is 37.5 Å². The summed E-state index contributed by atoms with van der Waals surface area (Å²) in [5, 5.41) is 9.34. The van der Waals surface area contributed by atoms with Gasteiger partial charge in [0.15, 0.2) is 6.29 Å². The molecule has 188 valence electrons. The molecule has 0 unspecified atom stereocenters. The van der Waals surface area contributed by atoms with Crippen molar-refractivity contribution in [2.45, 2.75) is 104 Å². The highest BCUT2D eigenvalue weighted by Crippen LogP contribution is 2.13. The van der Waals surface area contributed by atoms with Gasteiger partial charge in [0.1, 0.15) is 6.61 Å². The molecule has 1 aromatic rings. The van der Waals surface area contributed by atoms with Gasteiger partial charge in [0.25, 0.3) is 0 Å². The first-order valence-corrected chi connectivity index (χ1v) is 12.6. The zero-order valence-electron chi connectivity index (χ0n) is 21.3. The predicted octanol–water partition coefficient (Wildman–Crippen LogP) is 5.84. The lowest BCUT2D eigenvalue weighted by Gasteiger charge is -2.17. The number of carbonyl (C=O) groups is 1. The van der Waals surface area contributed by atoms with Crippen LogP contribution in [0.2, 0.25) is 0 Å². The van der Waals surface area contributed by atoms with Crippen molar-refractivity contribution >= 4 is 5.97 Å². The predicted molar refractivity (Wildman–Crippen MR) is 136 cm³/mol. The van der Waals surface area contributed by atoms with Crippen LogP contribution in [0, 0.1) is 30.6 Å². The Labute approximate surface area is 206 Å². The average Bonchev–Trinajstić information content (AvgIpc) is 2.83. The largest absolute Gasteiger partial charge is 0.461 e. The number of aryl methyl sites for hydroxylation is 1. The zero-order chi connectivity index (χ0) is 24.9. The number of aliphatic hydroxyl groups excluding tert-OH is 1. The maximum absolute atomic E-state index is 12.3. The normalized spacial score (nSPS) is 10.4. The average molecular weight is 471 g/mol. The van der Waals surface area contributed by atoms with E-state index >= 15 is 0 Å². The van der Waals surface area contributed by atoms with Crippen molar-refractivity contribution in [2.24, 2.45) is 0 Å². The number of hydrogen-bond acceptors (Lipinski definition) is 5. The second-order valence-corrected chi connectivity index (χ2v) is 8.27. The Balaban J connectivity index is 2.45. The summed E-state index contributed by atoms with van der Waals surface area (Å²) in [6.45, 7) is 7.33. The van der Waals surface area contributed by atoms with E-state index in [0.717, 1.165) is 55.2 Å². The first-order chi connectivity index (χ1) is 16.6. The number of rotatable bonds is 16. The number of esters is 1. The molecule has 5 heteroatoms. The third kappa shape index (κ3) is 15.5. The molecule has 1 aromatic carbocycles. The Morgan fingerprint density at radius 2 is 1.44 bits per heavy atom. The van der Waals surface area contributed by atoms with E-state index in [-0.39, 0.29) is 25.6 Å². The van der Waals surface area contributed by atoms with Crippen LogP contribution in [0.3, 0.4) is 0 Å². The molecular formula is C29H42O5.